The van der Waals surface area contributed by atoms with Gasteiger partial charge in [0.15, 0.2) is 0 Å². The summed E-state index contributed by atoms with van der Waals surface area (Å²) in [6, 6.07) is 12.3. The van der Waals surface area contributed by atoms with Crippen LogP contribution < -0.4 is 15.5 Å². The molecule has 8 nitrogen and oxygen atoms in total. The van der Waals surface area contributed by atoms with Gasteiger partial charge in [0.2, 0.25) is 5.91 Å². The molecule has 0 aliphatic carbocycles. The number of amides is 3. The Morgan fingerprint density at radius 2 is 2.00 bits per heavy atom. The standard InChI is InChI=1S/C27H29FN4O4/c1-17-6-4-5-7-25(17)30-18(2)26(34)31-12-10-20(11-13-31)23-9-8-21(14-24(23)28)32-16-22(36-27(32)35)15-29-19(3)33/h4-10,14,22,30H,2,11-13,15-16H2,1,3H3,(H,29,33). The van der Waals surface area contributed by atoms with Crippen molar-refractivity contribution in [2.75, 3.05) is 36.4 Å². The molecule has 188 valence electrons. The summed E-state index contributed by atoms with van der Waals surface area (Å²) in [5.41, 5.74) is 3.74. The predicted octanol–water partition coefficient (Wildman–Crippen LogP) is 3.84. The number of hydrogen-bond donors (Lipinski definition) is 2. The number of hydrogen-bond acceptors (Lipinski definition) is 5. The molecule has 2 aliphatic heterocycles. The summed E-state index contributed by atoms with van der Waals surface area (Å²) in [6.45, 7) is 8.42. The first-order valence-electron chi connectivity index (χ1n) is 11.8. The van der Waals surface area contributed by atoms with E-state index in [1.807, 2.05) is 37.3 Å². The van der Waals surface area contributed by atoms with Crippen LogP contribution in [0.3, 0.4) is 0 Å². The SMILES string of the molecule is C=C(Nc1ccccc1C)C(=O)N1CC=C(c2ccc(N3CC(CNC(C)=O)OC3=O)cc2F)CC1. The molecule has 0 saturated carbocycles. The lowest BCUT2D eigenvalue weighted by Gasteiger charge is -2.28. The number of rotatable bonds is 7. The maximum absolute atomic E-state index is 15.0. The van der Waals surface area contributed by atoms with Gasteiger partial charge in [-0.1, -0.05) is 30.9 Å². The van der Waals surface area contributed by atoms with Crippen molar-refractivity contribution in [3.8, 4) is 0 Å². The van der Waals surface area contributed by atoms with Crippen molar-refractivity contribution in [1.29, 1.82) is 0 Å². The highest BCUT2D eigenvalue weighted by Crippen LogP contribution is 2.30. The van der Waals surface area contributed by atoms with Crippen LogP contribution in [0.15, 0.2) is 60.8 Å². The number of anilines is 2. The molecule has 0 radical (unpaired) electrons. The Hall–Kier alpha value is -4.14. The maximum atomic E-state index is 15.0. The van der Waals surface area contributed by atoms with Crippen molar-refractivity contribution in [1.82, 2.24) is 10.2 Å². The monoisotopic (exact) mass is 492 g/mol. The zero-order valence-electron chi connectivity index (χ0n) is 20.3. The molecule has 1 fully saturated rings. The quantitative estimate of drug-likeness (QED) is 0.574. The van der Waals surface area contributed by atoms with Crippen LogP contribution in [0.1, 0.15) is 24.5 Å². The van der Waals surface area contributed by atoms with Crippen LogP contribution in [0.5, 0.6) is 0 Å². The van der Waals surface area contributed by atoms with Gasteiger partial charge < -0.3 is 20.3 Å². The fourth-order valence-corrected chi connectivity index (χ4v) is 4.25. The van der Waals surface area contributed by atoms with E-state index in [4.69, 9.17) is 4.74 Å². The average Bonchev–Trinajstić information content (AvgIpc) is 3.24. The van der Waals surface area contributed by atoms with E-state index in [0.29, 0.717) is 30.8 Å². The van der Waals surface area contributed by atoms with Gasteiger partial charge in [-0.25, -0.2) is 9.18 Å². The summed E-state index contributed by atoms with van der Waals surface area (Å²) in [7, 11) is 0. The maximum Gasteiger partial charge on any atom is 0.414 e. The molecule has 2 N–H and O–H groups in total. The van der Waals surface area contributed by atoms with Gasteiger partial charge in [0.25, 0.3) is 5.91 Å². The molecular formula is C27H29FN4O4. The fraction of sp³-hybridized carbons (Fsp3) is 0.296. The lowest BCUT2D eigenvalue weighted by molar-refractivity contribution is -0.126. The third-order valence-electron chi connectivity index (χ3n) is 6.25. The van der Waals surface area contributed by atoms with Gasteiger partial charge in [-0.05, 0) is 48.7 Å². The number of carbonyl (C=O) groups is 3. The number of nitrogens with zero attached hydrogens (tertiary/aromatic N) is 2. The number of cyclic esters (lactones) is 1. The van der Waals surface area contributed by atoms with Crippen LogP contribution in [-0.2, 0) is 14.3 Å². The second kappa shape index (κ2) is 10.6. The summed E-state index contributed by atoms with van der Waals surface area (Å²) in [5, 5.41) is 5.70. The van der Waals surface area contributed by atoms with E-state index in [2.05, 4.69) is 17.2 Å². The molecule has 2 heterocycles. The number of aryl methyl sites for hydroxylation is 1. The van der Waals surface area contributed by atoms with Gasteiger partial charge in [0.05, 0.1) is 24.5 Å². The zero-order valence-corrected chi connectivity index (χ0v) is 20.3. The first kappa shape index (κ1) is 25.0. The number of halogens is 1. The fourth-order valence-electron chi connectivity index (χ4n) is 4.25. The van der Waals surface area contributed by atoms with E-state index in [1.54, 1.807) is 17.0 Å². The van der Waals surface area contributed by atoms with Crippen molar-refractivity contribution in [2.45, 2.75) is 26.4 Å². The lowest BCUT2D eigenvalue weighted by Crippen LogP contribution is -2.37. The topological polar surface area (TPSA) is 91.0 Å². The second-order valence-corrected chi connectivity index (χ2v) is 8.87. The van der Waals surface area contributed by atoms with Gasteiger partial charge in [0.1, 0.15) is 11.9 Å². The largest absolute Gasteiger partial charge is 0.442 e. The van der Waals surface area contributed by atoms with Gasteiger partial charge in [-0.3, -0.25) is 14.5 Å². The van der Waals surface area contributed by atoms with Crippen LogP contribution in [0, 0.1) is 12.7 Å². The zero-order chi connectivity index (χ0) is 25.8. The molecule has 4 rings (SSSR count). The van der Waals surface area contributed by atoms with Crippen LogP contribution in [0.4, 0.5) is 20.6 Å². The molecule has 1 saturated heterocycles. The first-order valence-corrected chi connectivity index (χ1v) is 11.8. The number of nitrogens with one attached hydrogen (secondary N) is 2. The first-order chi connectivity index (χ1) is 17.2. The Balaban J connectivity index is 1.38. The Kier molecular flexibility index (Phi) is 7.38. The van der Waals surface area contributed by atoms with E-state index in [0.717, 1.165) is 16.8 Å². The summed E-state index contributed by atoms with van der Waals surface area (Å²) >= 11 is 0. The van der Waals surface area contributed by atoms with Crippen LogP contribution in [0.2, 0.25) is 0 Å². The Morgan fingerprint density at radius 1 is 1.22 bits per heavy atom. The third kappa shape index (κ3) is 5.56. The molecule has 9 heteroatoms. The van der Waals surface area contributed by atoms with E-state index in [1.165, 1.54) is 17.9 Å². The minimum atomic E-state index is -0.580. The molecular weight excluding hydrogens is 463 g/mol. The van der Waals surface area contributed by atoms with Crippen molar-refractivity contribution in [3.63, 3.8) is 0 Å². The molecule has 36 heavy (non-hydrogen) atoms. The number of ether oxygens (including phenoxy) is 1. The summed E-state index contributed by atoms with van der Waals surface area (Å²) in [4.78, 5) is 39.2. The Bertz CT molecular complexity index is 1240. The van der Waals surface area contributed by atoms with Gasteiger partial charge in [0, 0.05) is 31.3 Å². The van der Waals surface area contributed by atoms with Crippen molar-refractivity contribution < 1.29 is 23.5 Å². The average molecular weight is 493 g/mol. The summed E-state index contributed by atoms with van der Waals surface area (Å²) < 4.78 is 20.3. The van der Waals surface area contributed by atoms with Gasteiger partial charge >= 0.3 is 6.09 Å². The molecule has 1 unspecified atom stereocenters. The molecule has 3 amide bonds. The normalized spacial score (nSPS) is 17.4. The van der Waals surface area contributed by atoms with E-state index in [9.17, 15) is 14.4 Å². The Morgan fingerprint density at radius 3 is 2.67 bits per heavy atom. The van der Waals surface area contributed by atoms with Crippen molar-refractivity contribution >= 4 is 34.9 Å². The van der Waals surface area contributed by atoms with E-state index < -0.39 is 18.0 Å². The third-order valence-corrected chi connectivity index (χ3v) is 6.25. The molecule has 2 aromatic carbocycles. The van der Waals surface area contributed by atoms with Crippen molar-refractivity contribution in [2.24, 2.45) is 0 Å². The minimum absolute atomic E-state index is 0.202. The highest BCUT2D eigenvalue weighted by Gasteiger charge is 2.33. The van der Waals surface area contributed by atoms with Crippen LogP contribution in [-0.4, -0.2) is 55.1 Å². The highest BCUT2D eigenvalue weighted by molar-refractivity contribution is 5.96. The minimum Gasteiger partial charge on any atom is -0.442 e. The van der Waals surface area contributed by atoms with Crippen molar-refractivity contribution in [3.05, 3.63) is 77.8 Å². The smallest absolute Gasteiger partial charge is 0.414 e. The molecule has 2 aliphatic rings. The molecule has 2 aromatic rings. The van der Waals surface area contributed by atoms with E-state index in [-0.39, 0.29) is 30.6 Å². The summed E-state index contributed by atoms with van der Waals surface area (Å²) in [5.74, 6) is -0.874. The summed E-state index contributed by atoms with van der Waals surface area (Å²) in [6.07, 6.45) is 1.25. The van der Waals surface area contributed by atoms with E-state index >= 15 is 4.39 Å². The number of benzene rings is 2. The second-order valence-electron chi connectivity index (χ2n) is 8.87. The van der Waals surface area contributed by atoms with Crippen LogP contribution >= 0.6 is 0 Å². The van der Waals surface area contributed by atoms with Gasteiger partial charge in [-0.15, -0.1) is 0 Å². The Labute approximate surface area is 209 Å². The molecule has 0 spiro atoms. The molecule has 0 bridgehead atoms. The predicted molar refractivity (Wildman–Crippen MR) is 136 cm³/mol. The molecule has 0 aromatic heterocycles. The van der Waals surface area contributed by atoms with Gasteiger partial charge in [-0.2, -0.15) is 0 Å². The highest BCUT2D eigenvalue weighted by atomic mass is 19.1. The number of para-hydroxylation sites is 1. The van der Waals surface area contributed by atoms with Crippen LogP contribution in [0.25, 0.3) is 5.57 Å². The number of carbonyl (C=O) groups excluding carboxylic acids is 3. The molecule has 1 atom stereocenters. The lowest BCUT2D eigenvalue weighted by atomic mass is 9.98.